The molecule has 0 aromatic rings. The molecule has 14 heavy (non-hydrogen) atoms. The molecule has 2 heteroatoms. The fraction of sp³-hybridized carbons (Fsp3) is 1.00. The first-order valence-corrected chi connectivity index (χ1v) is 5.88. The number of hydrogen-bond donors (Lipinski definition) is 1. The molecule has 1 N–H and O–H groups in total. The van der Waals surface area contributed by atoms with Crippen LogP contribution in [0, 0.1) is 11.8 Å². The zero-order valence-corrected chi connectivity index (χ0v) is 10.7. The summed E-state index contributed by atoms with van der Waals surface area (Å²) in [5, 5.41) is 3.23. The molecule has 0 bridgehead atoms. The Hall–Kier alpha value is -0.0800. The molecular formula is C12H27NO. The van der Waals surface area contributed by atoms with Gasteiger partial charge in [0.15, 0.2) is 0 Å². The van der Waals surface area contributed by atoms with Gasteiger partial charge in [0.1, 0.15) is 0 Å². The van der Waals surface area contributed by atoms with Crippen LogP contribution in [0.1, 0.15) is 41.5 Å². The highest BCUT2D eigenvalue weighted by Crippen LogP contribution is 2.19. The van der Waals surface area contributed by atoms with Gasteiger partial charge in [0.2, 0.25) is 0 Å². The fourth-order valence-corrected chi connectivity index (χ4v) is 1.10. The van der Waals surface area contributed by atoms with E-state index in [-0.39, 0.29) is 5.60 Å². The maximum Gasteiger partial charge on any atom is 0.0901 e. The molecule has 0 aromatic carbocycles. The Bertz CT molecular complexity index is 141. The van der Waals surface area contributed by atoms with Crippen molar-refractivity contribution >= 4 is 0 Å². The maximum absolute atomic E-state index is 5.83. The molecule has 0 saturated carbocycles. The van der Waals surface area contributed by atoms with Crippen LogP contribution in [0.2, 0.25) is 0 Å². The molecule has 1 aliphatic heterocycles. The fourth-order valence-electron chi connectivity index (χ4n) is 1.10. The maximum atomic E-state index is 5.83. The summed E-state index contributed by atoms with van der Waals surface area (Å²) in [6.45, 7) is 15.8. The molecule has 1 fully saturated rings. The van der Waals surface area contributed by atoms with Crippen LogP contribution in [0.4, 0.5) is 0 Å². The lowest BCUT2D eigenvalue weighted by atomic mass is 9.97. The molecule has 0 aromatic heterocycles. The van der Waals surface area contributed by atoms with E-state index >= 15 is 0 Å². The van der Waals surface area contributed by atoms with E-state index in [0.29, 0.717) is 5.92 Å². The highest BCUT2D eigenvalue weighted by Gasteiger charge is 2.32. The summed E-state index contributed by atoms with van der Waals surface area (Å²) >= 11 is 0. The van der Waals surface area contributed by atoms with Crippen molar-refractivity contribution < 1.29 is 4.74 Å². The predicted octanol–water partition coefficient (Wildman–Crippen LogP) is 2.68. The summed E-state index contributed by atoms with van der Waals surface area (Å²) in [5.41, 5.74) is 0.128. The molecular weight excluding hydrogens is 174 g/mol. The summed E-state index contributed by atoms with van der Waals surface area (Å²) in [5.74, 6) is 1.39. The van der Waals surface area contributed by atoms with Crippen molar-refractivity contribution in [3.05, 3.63) is 0 Å². The largest absolute Gasteiger partial charge is 0.372 e. The summed E-state index contributed by atoms with van der Waals surface area (Å²) in [6.07, 6.45) is 0. The van der Waals surface area contributed by atoms with Crippen LogP contribution in [0.3, 0.4) is 0 Å². The number of hydrogen-bond acceptors (Lipinski definition) is 2. The van der Waals surface area contributed by atoms with Crippen molar-refractivity contribution in [1.82, 2.24) is 5.32 Å². The zero-order chi connectivity index (χ0) is 11.2. The highest BCUT2D eigenvalue weighted by atomic mass is 16.5. The number of nitrogens with one attached hydrogen (secondary N) is 1. The molecule has 1 rings (SSSR count). The quantitative estimate of drug-likeness (QED) is 0.755. The molecule has 86 valence electrons. The monoisotopic (exact) mass is 201 g/mol. The summed E-state index contributed by atoms with van der Waals surface area (Å²) < 4.78 is 5.83. The van der Waals surface area contributed by atoms with Gasteiger partial charge in [-0.25, -0.2) is 0 Å². The smallest absolute Gasteiger partial charge is 0.0901 e. The third kappa shape index (κ3) is 4.43. The Morgan fingerprint density at radius 2 is 1.71 bits per heavy atom. The van der Waals surface area contributed by atoms with Crippen molar-refractivity contribution in [1.29, 1.82) is 0 Å². The summed E-state index contributed by atoms with van der Waals surface area (Å²) in [6, 6.07) is 0. The van der Waals surface area contributed by atoms with Crippen LogP contribution >= 0.6 is 0 Å². The lowest BCUT2D eigenvalue weighted by molar-refractivity contribution is -0.0824. The minimum Gasteiger partial charge on any atom is -0.372 e. The molecule has 0 aliphatic carbocycles. The molecule has 1 saturated heterocycles. The zero-order valence-electron chi connectivity index (χ0n) is 10.7. The van der Waals surface area contributed by atoms with Gasteiger partial charge in [-0.2, -0.15) is 0 Å². The third-order valence-corrected chi connectivity index (χ3v) is 2.83. The lowest BCUT2D eigenvalue weighted by Gasteiger charge is -2.40. The van der Waals surface area contributed by atoms with Gasteiger partial charge in [0.05, 0.1) is 12.2 Å². The Kier molecular flexibility index (Phi) is 6.38. The summed E-state index contributed by atoms with van der Waals surface area (Å²) in [7, 11) is 0. The van der Waals surface area contributed by atoms with E-state index in [2.05, 4.69) is 33.0 Å². The molecule has 0 radical (unpaired) electrons. The molecule has 0 amide bonds. The van der Waals surface area contributed by atoms with Gasteiger partial charge in [-0.3, -0.25) is 0 Å². The molecule has 1 atom stereocenters. The van der Waals surface area contributed by atoms with Crippen LogP contribution < -0.4 is 5.32 Å². The van der Waals surface area contributed by atoms with Crippen LogP contribution in [0.15, 0.2) is 0 Å². The SMILES string of the molecule is CC.CC(C)C(C)COC1(C)CNC1. The van der Waals surface area contributed by atoms with Gasteiger partial charge in [-0.05, 0) is 18.8 Å². The van der Waals surface area contributed by atoms with Crippen LogP contribution in [0.5, 0.6) is 0 Å². The Labute approximate surface area is 89.4 Å². The van der Waals surface area contributed by atoms with Gasteiger partial charge in [0.25, 0.3) is 0 Å². The van der Waals surface area contributed by atoms with Crippen molar-refractivity contribution in [2.75, 3.05) is 19.7 Å². The first kappa shape index (κ1) is 13.9. The average molecular weight is 201 g/mol. The van der Waals surface area contributed by atoms with Gasteiger partial charge in [0, 0.05) is 13.1 Å². The first-order valence-electron chi connectivity index (χ1n) is 5.88. The van der Waals surface area contributed by atoms with Gasteiger partial charge in [-0.15, -0.1) is 0 Å². The first-order chi connectivity index (χ1) is 6.53. The van der Waals surface area contributed by atoms with Crippen molar-refractivity contribution in [3.63, 3.8) is 0 Å². The second-order valence-electron chi connectivity index (χ2n) is 4.59. The second-order valence-corrected chi connectivity index (χ2v) is 4.59. The van der Waals surface area contributed by atoms with E-state index in [4.69, 9.17) is 4.74 Å². The van der Waals surface area contributed by atoms with E-state index in [1.807, 2.05) is 13.8 Å². The number of ether oxygens (including phenoxy) is 1. The molecule has 1 unspecified atom stereocenters. The van der Waals surface area contributed by atoms with Crippen molar-refractivity contribution in [2.45, 2.75) is 47.1 Å². The Morgan fingerprint density at radius 1 is 1.21 bits per heavy atom. The highest BCUT2D eigenvalue weighted by molar-refractivity contribution is 4.90. The molecule has 2 nitrogen and oxygen atoms in total. The van der Waals surface area contributed by atoms with Crippen LogP contribution in [-0.4, -0.2) is 25.3 Å². The van der Waals surface area contributed by atoms with Crippen LogP contribution in [-0.2, 0) is 4.74 Å². The Morgan fingerprint density at radius 3 is 2.00 bits per heavy atom. The van der Waals surface area contributed by atoms with Crippen molar-refractivity contribution in [2.24, 2.45) is 11.8 Å². The van der Waals surface area contributed by atoms with E-state index in [9.17, 15) is 0 Å². The van der Waals surface area contributed by atoms with E-state index in [1.54, 1.807) is 0 Å². The summed E-state index contributed by atoms with van der Waals surface area (Å²) in [4.78, 5) is 0. The van der Waals surface area contributed by atoms with Gasteiger partial charge < -0.3 is 10.1 Å². The van der Waals surface area contributed by atoms with Gasteiger partial charge in [-0.1, -0.05) is 34.6 Å². The second kappa shape index (κ2) is 6.41. The van der Waals surface area contributed by atoms with E-state index in [1.165, 1.54) is 0 Å². The molecule has 0 spiro atoms. The van der Waals surface area contributed by atoms with Gasteiger partial charge >= 0.3 is 0 Å². The lowest BCUT2D eigenvalue weighted by Crippen LogP contribution is -2.59. The molecule has 1 heterocycles. The minimum atomic E-state index is 0.128. The number of rotatable bonds is 4. The minimum absolute atomic E-state index is 0.128. The predicted molar refractivity (Wildman–Crippen MR) is 62.6 cm³/mol. The Balaban J connectivity index is 0.000000791. The third-order valence-electron chi connectivity index (χ3n) is 2.83. The van der Waals surface area contributed by atoms with Crippen molar-refractivity contribution in [3.8, 4) is 0 Å². The standard InChI is InChI=1S/C10H21NO.C2H6/c1-8(2)9(3)5-12-10(4)6-11-7-10;1-2/h8-9,11H,5-7H2,1-4H3;1-2H3. The average Bonchev–Trinajstić information content (AvgIpc) is 2.14. The normalized spacial score (nSPS) is 20.8. The topological polar surface area (TPSA) is 21.3 Å². The van der Waals surface area contributed by atoms with E-state index < -0.39 is 0 Å². The van der Waals surface area contributed by atoms with Crippen LogP contribution in [0.25, 0.3) is 0 Å². The molecule has 1 aliphatic rings. The van der Waals surface area contributed by atoms with E-state index in [0.717, 1.165) is 25.6 Å².